The van der Waals surface area contributed by atoms with Crippen LogP contribution in [0, 0.1) is 5.92 Å². The molecular weight excluding hydrogens is 376 g/mol. The molecule has 0 atom stereocenters. The highest BCUT2D eigenvalue weighted by Crippen LogP contribution is 2.34. The zero-order valence-corrected chi connectivity index (χ0v) is 18.2. The second-order valence-corrected chi connectivity index (χ2v) is 8.64. The normalized spacial score (nSPS) is 16.0. The number of fused-ring (bicyclic) bond motifs is 1. The summed E-state index contributed by atoms with van der Waals surface area (Å²) in [5, 5.41) is 0. The van der Waals surface area contributed by atoms with Gasteiger partial charge in [-0.05, 0) is 25.7 Å². The highest BCUT2D eigenvalue weighted by Gasteiger charge is 2.38. The Labute approximate surface area is 180 Å². The Morgan fingerprint density at radius 2 is 1.37 bits per heavy atom. The number of carbonyl (C=O) groups is 3. The number of carbonyl (C=O) groups excluding carboxylic acids is 3. The van der Waals surface area contributed by atoms with Crippen LogP contribution in [0.1, 0.15) is 111 Å². The highest BCUT2D eigenvalue weighted by molar-refractivity contribution is 6.26. The summed E-state index contributed by atoms with van der Waals surface area (Å²) in [7, 11) is 0. The monoisotopic (exact) mass is 410 g/mol. The van der Waals surface area contributed by atoms with E-state index in [1.54, 1.807) is 24.3 Å². The lowest BCUT2D eigenvalue weighted by atomic mass is 9.86. The van der Waals surface area contributed by atoms with Gasteiger partial charge in [-0.2, -0.15) is 0 Å². The number of hydrogen-bond acceptors (Lipinski definition) is 4. The second kappa shape index (κ2) is 11.2. The van der Waals surface area contributed by atoms with Crippen molar-refractivity contribution in [3.8, 4) is 0 Å². The van der Waals surface area contributed by atoms with Crippen LogP contribution < -0.4 is 0 Å². The molecule has 0 heterocycles. The maximum atomic E-state index is 13.0. The van der Waals surface area contributed by atoms with E-state index >= 15 is 0 Å². The smallest absolute Gasteiger partial charge is 0.314 e. The number of Topliss-reactive ketones (excluding diaryl/α,β-unsaturated/α-hetero) is 2. The molecule has 1 aromatic carbocycles. The number of benzene rings is 1. The van der Waals surface area contributed by atoms with E-state index in [4.69, 9.17) is 4.74 Å². The molecule has 0 bridgehead atoms. The van der Waals surface area contributed by atoms with Gasteiger partial charge in [0.15, 0.2) is 11.5 Å². The van der Waals surface area contributed by atoms with Gasteiger partial charge >= 0.3 is 5.97 Å². The van der Waals surface area contributed by atoms with Crippen LogP contribution in [-0.2, 0) is 9.53 Å². The molecule has 4 heteroatoms. The zero-order chi connectivity index (χ0) is 21.3. The van der Waals surface area contributed by atoms with Crippen LogP contribution in [-0.4, -0.2) is 17.5 Å². The molecule has 1 aromatic rings. The molecule has 0 spiro atoms. The quantitative estimate of drug-likeness (QED) is 0.272. The van der Waals surface area contributed by atoms with Crippen molar-refractivity contribution in [3.63, 3.8) is 0 Å². The molecule has 162 valence electrons. The summed E-state index contributed by atoms with van der Waals surface area (Å²) in [6.45, 7) is 2.23. The standard InChI is InChI=1S/C26H34O4/c1-2-3-4-5-6-7-8-9-10-11-16-22-23(27)20-14-12-13-15-21(20)24(28)25(22)30-26(29)19-17-18-19/h12-15,19H,2-11,16-18H2,1H3. The fourth-order valence-corrected chi connectivity index (χ4v) is 4.03. The Bertz CT molecular complexity index is 801. The minimum absolute atomic E-state index is 0.0217. The number of unbranched alkanes of at least 4 members (excludes halogenated alkanes) is 9. The summed E-state index contributed by atoms with van der Waals surface area (Å²) in [6.07, 6.45) is 14.1. The number of allylic oxidation sites excluding steroid dienone is 2. The molecule has 2 aliphatic carbocycles. The fraction of sp³-hybridized carbons (Fsp3) is 0.577. The van der Waals surface area contributed by atoms with Gasteiger partial charge in [-0.15, -0.1) is 0 Å². The first kappa shape index (κ1) is 22.5. The predicted octanol–water partition coefficient (Wildman–Crippen LogP) is 6.58. The van der Waals surface area contributed by atoms with Crippen LogP contribution in [0.25, 0.3) is 0 Å². The first-order valence-electron chi connectivity index (χ1n) is 11.8. The van der Waals surface area contributed by atoms with Gasteiger partial charge in [0.25, 0.3) is 0 Å². The number of esters is 1. The van der Waals surface area contributed by atoms with Gasteiger partial charge < -0.3 is 4.74 Å². The Balaban J connectivity index is 1.55. The second-order valence-electron chi connectivity index (χ2n) is 8.64. The molecule has 0 amide bonds. The Morgan fingerprint density at radius 1 is 0.833 bits per heavy atom. The highest BCUT2D eigenvalue weighted by atomic mass is 16.5. The van der Waals surface area contributed by atoms with Gasteiger partial charge in [-0.25, -0.2) is 0 Å². The lowest BCUT2D eigenvalue weighted by Crippen LogP contribution is -2.25. The summed E-state index contributed by atoms with van der Waals surface area (Å²) in [4.78, 5) is 38.2. The fourth-order valence-electron chi connectivity index (χ4n) is 4.03. The van der Waals surface area contributed by atoms with Gasteiger partial charge in [-0.1, -0.05) is 89.0 Å². The lowest BCUT2D eigenvalue weighted by Gasteiger charge is -2.20. The van der Waals surface area contributed by atoms with Crippen molar-refractivity contribution in [2.45, 2.75) is 90.4 Å². The average molecular weight is 411 g/mol. The van der Waals surface area contributed by atoms with Crippen molar-refractivity contribution in [3.05, 3.63) is 46.7 Å². The van der Waals surface area contributed by atoms with Crippen LogP contribution in [0.3, 0.4) is 0 Å². The number of rotatable bonds is 13. The van der Waals surface area contributed by atoms with Crippen molar-refractivity contribution < 1.29 is 19.1 Å². The Hall–Kier alpha value is -2.23. The summed E-state index contributed by atoms with van der Waals surface area (Å²) < 4.78 is 5.48. The number of ether oxygens (including phenoxy) is 1. The summed E-state index contributed by atoms with van der Waals surface area (Å²) in [5.74, 6) is -1.00. The molecular formula is C26H34O4. The third kappa shape index (κ3) is 5.90. The molecule has 0 aliphatic heterocycles. The first-order valence-corrected chi connectivity index (χ1v) is 11.8. The van der Waals surface area contributed by atoms with E-state index in [0.717, 1.165) is 32.1 Å². The maximum absolute atomic E-state index is 13.0. The topological polar surface area (TPSA) is 60.4 Å². The van der Waals surface area contributed by atoms with Gasteiger partial charge in [0.05, 0.1) is 5.92 Å². The summed E-state index contributed by atoms with van der Waals surface area (Å²) >= 11 is 0. The summed E-state index contributed by atoms with van der Waals surface area (Å²) in [6, 6.07) is 6.83. The van der Waals surface area contributed by atoms with Crippen LogP contribution >= 0.6 is 0 Å². The van der Waals surface area contributed by atoms with E-state index in [2.05, 4.69) is 6.92 Å². The van der Waals surface area contributed by atoms with Gasteiger partial charge in [0.2, 0.25) is 5.78 Å². The largest absolute Gasteiger partial charge is 0.422 e. The maximum Gasteiger partial charge on any atom is 0.314 e. The van der Waals surface area contributed by atoms with Gasteiger partial charge in [-0.3, -0.25) is 14.4 Å². The minimum atomic E-state index is -0.369. The number of ketones is 2. The van der Waals surface area contributed by atoms with Crippen molar-refractivity contribution in [1.82, 2.24) is 0 Å². The SMILES string of the molecule is CCCCCCCCCCCCC1=C(OC(=O)C2CC2)C(=O)c2ccccc2C1=O. The van der Waals surface area contributed by atoms with Crippen molar-refractivity contribution in [2.75, 3.05) is 0 Å². The van der Waals surface area contributed by atoms with E-state index in [9.17, 15) is 14.4 Å². The minimum Gasteiger partial charge on any atom is -0.422 e. The van der Waals surface area contributed by atoms with E-state index in [0.29, 0.717) is 23.1 Å². The Morgan fingerprint density at radius 3 is 1.93 bits per heavy atom. The van der Waals surface area contributed by atoms with E-state index in [1.807, 2.05) is 0 Å². The molecule has 30 heavy (non-hydrogen) atoms. The number of hydrogen-bond donors (Lipinski definition) is 0. The molecule has 1 fully saturated rings. The molecule has 0 aromatic heterocycles. The van der Waals surface area contributed by atoms with Crippen LogP contribution in [0.2, 0.25) is 0 Å². The first-order chi connectivity index (χ1) is 14.6. The van der Waals surface area contributed by atoms with Crippen LogP contribution in [0.5, 0.6) is 0 Å². The molecule has 0 unspecified atom stereocenters. The average Bonchev–Trinajstić information content (AvgIpc) is 3.60. The Kier molecular flexibility index (Phi) is 8.41. The molecule has 4 nitrogen and oxygen atoms in total. The third-order valence-corrected chi connectivity index (χ3v) is 6.06. The van der Waals surface area contributed by atoms with Crippen molar-refractivity contribution in [1.29, 1.82) is 0 Å². The van der Waals surface area contributed by atoms with E-state index in [-0.39, 0.29) is 29.2 Å². The van der Waals surface area contributed by atoms with Gasteiger partial charge in [0, 0.05) is 16.7 Å². The molecule has 2 aliphatic rings. The summed E-state index contributed by atoms with van der Waals surface area (Å²) in [5.41, 5.74) is 1.15. The predicted molar refractivity (Wildman–Crippen MR) is 117 cm³/mol. The van der Waals surface area contributed by atoms with Crippen LogP contribution in [0.4, 0.5) is 0 Å². The van der Waals surface area contributed by atoms with Crippen molar-refractivity contribution >= 4 is 17.5 Å². The molecule has 0 N–H and O–H groups in total. The molecule has 1 saturated carbocycles. The molecule has 3 rings (SSSR count). The van der Waals surface area contributed by atoms with Crippen LogP contribution in [0.15, 0.2) is 35.6 Å². The third-order valence-electron chi connectivity index (χ3n) is 6.06. The lowest BCUT2D eigenvalue weighted by molar-refractivity contribution is -0.140. The molecule has 0 saturated heterocycles. The molecule has 0 radical (unpaired) electrons. The van der Waals surface area contributed by atoms with Crippen molar-refractivity contribution in [2.24, 2.45) is 5.92 Å². The van der Waals surface area contributed by atoms with Gasteiger partial charge in [0.1, 0.15) is 0 Å². The zero-order valence-electron chi connectivity index (χ0n) is 18.2. The van der Waals surface area contributed by atoms with E-state index in [1.165, 1.54) is 44.9 Å². The van der Waals surface area contributed by atoms with E-state index < -0.39 is 0 Å².